The van der Waals surface area contributed by atoms with Gasteiger partial charge in [-0.1, -0.05) is 13.3 Å². The van der Waals surface area contributed by atoms with Crippen molar-refractivity contribution in [3.05, 3.63) is 0 Å². The fourth-order valence-corrected chi connectivity index (χ4v) is 2.00. The van der Waals surface area contributed by atoms with E-state index in [1.54, 1.807) is 18.7 Å². The van der Waals surface area contributed by atoms with E-state index in [-0.39, 0.29) is 0 Å². The van der Waals surface area contributed by atoms with Crippen molar-refractivity contribution in [3.63, 3.8) is 0 Å². The van der Waals surface area contributed by atoms with Crippen LogP contribution in [0.15, 0.2) is 0 Å². The molecule has 0 heterocycles. The van der Waals surface area contributed by atoms with Crippen LogP contribution in [0.4, 0.5) is 0 Å². The van der Waals surface area contributed by atoms with Crippen molar-refractivity contribution in [2.24, 2.45) is 5.73 Å². The Morgan fingerprint density at radius 3 is 2.62 bits per heavy atom. The normalized spacial score (nSPS) is 15.3. The molecule has 4 heteroatoms. The average Bonchev–Trinajstić information content (AvgIpc) is 2.03. The lowest BCUT2D eigenvalue weighted by molar-refractivity contribution is -0.142. The number of carbonyl (C=O) groups is 1. The molecule has 0 aliphatic carbocycles. The molecule has 0 radical (unpaired) electrons. The lowest BCUT2D eigenvalue weighted by Gasteiger charge is -2.18. The Balaban J connectivity index is 3.46. The third-order valence-electron chi connectivity index (χ3n) is 1.90. The van der Waals surface area contributed by atoms with Gasteiger partial charge in [-0.3, -0.25) is 4.79 Å². The van der Waals surface area contributed by atoms with Crippen molar-refractivity contribution >= 4 is 17.7 Å². The van der Waals surface area contributed by atoms with Gasteiger partial charge in [0.1, 0.15) is 5.54 Å². The van der Waals surface area contributed by atoms with E-state index in [9.17, 15) is 4.79 Å². The molecule has 3 nitrogen and oxygen atoms in total. The molecule has 0 spiro atoms. The van der Waals surface area contributed by atoms with E-state index in [1.165, 1.54) is 12.8 Å². The number of thioether (sulfide) groups is 1. The van der Waals surface area contributed by atoms with E-state index in [2.05, 4.69) is 6.92 Å². The third-order valence-corrected chi connectivity index (χ3v) is 2.97. The van der Waals surface area contributed by atoms with Crippen molar-refractivity contribution in [1.82, 2.24) is 0 Å². The van der Waals surface area contributed by atoms with Crippen molar-refractivity contribution in [2.45, 2.75) is 38.6 Å². The fourth-order valence-electron chi connectivity index (χ4n) is 0.740. The van der Waals surface area contributed by atoms with Gasteiger partial charge in [0.05, 0.1) is 0 Å². The van der Waals surface area contributed by atoms with Crippen LogP contribution in [0.5, 0.6) is 0 Å². The molecule has 0 aromatic rings. The minimum absolute atomic E-state index is 0.538. The second-order valence-electron chi connectivity index (χ2n) is 3.44. The van der Waals surface area contributed by atoms with Gasteiger partial charge in [-0.25, -0.2) is 0 Å². The molecule has 1 atom stereocenters. The first-order valence-corrected chi connectivity index (χ1v) is 5.76. The van der Waals surface area contributed by atoms with Gasteiger partial charge in [0.15, 0.2) is 0 Å². The first-order valence-electron chi connectivity index (χ1n) is 4.60. The summed E-state index contributed by atoms with van der Waals surface area (Å²) < 4.78 is 0. The van der Waals surface area contributed by atoms with E-state index < -0.39 is 11.5 Å². The largest absolute Gasteiger partial charge is 0.480 e. The predicted molar refractivity (Wildman–Crippen MR) is 57.1 cm³/mol. The lowest BCUT2D eigenvalue weighted by atomic mass is 10.0. The van der Waals surface area contributed by atoms with Crippen LogP contribution in [0.1, 0.15) is 33.1 Å². The minimum Gasteiger partial charge on any atom is -0.480 e. The maximum atomic E-state index is 10.6. The third kappa shape index (κ3) is 5.93. The van der Waals surface area contributed by atoms with Crippen LogP contribution in [0.2, 0.25) is 0 Å². The molecule has 78 valence electrons. The molecule has 0 amide bonds. The monoisotopic (exact) mass is 205 g/mol. The number of unbranched alkanes of at least 4 members (excludes halogenated alkanes) is 1. The highest BCUT2D eigenvalue weighted by Gasteiger charge is 2.26. The summed E-state index contributed by atoms with van der Waals surface area (Å²) >= 11 is 1.78. The van der Waals surface area contributed by atoms with Gasteiger partial charge in [0, 0.05) is 0 Å². The van der Waals surface area contributed by atoms with Crippen LogP contribution >= 0.6 is 11.8 Å². The van der Waals surface area contributed by atoms with E-state index in [4.69, 9.17) is 10.8 Å². The lowest BCUT2D eigenvalue weighted by Crippen LogP contribution is -2.45. The maximum Gasteiger partial charge on any atom is 0.323 e. The number of hydrogen-bond donors (Lipinski definition) is 2. The Kier molecular flexibility index (Phi) is 6.16. The molecule has 3 N–H and O–H groups in total. The molecule has 0 rings (SSSR count). The van der Waals surface area contributed by atoms with E-state index in [1.807, 2.05) is 0 Å². The van der Waals surface area contributed by atoms with E-state index in [0.717, 1.165) is 11.5 Å². The van der Waals surface area contributed by atoms with Gasteiger partial charge in [-0.15, -0.1) is 0 Å². The van der Waals surface area contributed by atoms with E-state index >= 15 is 0 Å². The molecule has 13 heavy (non-hydrogen) atoms. The Hall–Kier alpha value is -0.220. The topological polar surface area (TPSA) is 63.3 Å². The SMILES string of the molecule is CCCCSCCC(C)(N)C(=O)O. The van der Waals surface area contributed by atoms with E-state index in [0.29, 0.717) is 6.42 Å². The summed E-state index contributed by atoms with van der Waals surface area (Å²) in [6.45, 7) is 3.71. The van der Waals surface area contributed by atoms with Crippen molar-refractivity contribution in [3.8, 4) is 0 Å². The molecule has 0 saturated heterocycles. The highest BCUT2D eigenvalue weighted by Crippen LogP contribution is 2.13. The first-order chi connectivity index (χ1) is 6.00. The minimum atomic E-state index is -1.06. The smallest absolute Gasteiger partial charge is 0.323 e. The highest BCUT2D eigenvalue weighted by atomic mass is 32.2. The predicted octanol–water partition coefficient (Wildman–Crippen LogP) is 1.71. The molecule has 0 saturated carbocycles. The zero-order valence-corrected chi connectivity index (χ0v) is 9.19. The van der Waals surface area contributed by atoms with Crippen molar-refractivity contribution in [1.29, 1.82) is 0 Å². The van der Waals surface area contributed by atoms with Crippen molar-refractivity contribution < 1.29 is 9.90 Å². The number of aliphatic carboxylic acids is 1. The second kappa shape index (κ2) is 6.27. The summed E-state index contributed by atoms with van der Waals surface area (Å²) in [7, 11) is 0. The van der Waals surface area contributed by atoms with Crippen LogP contribution < -0.4 is 5.73 Å². The van der Waals surface area contributed by atoms with Crippen molar-refractivity contribution in [2.75, 3.05) is 11.5 Å². The zero-order valence-electron chi connectivity index (χ0n) is 8.38. The number of carboxylic acid groups (broad SMARTS) is 1. The molecule has 1 unspecified atom stereocenters. The summed E-state index contributed by atoms with van der Waals surface area (Å²) in [6.07, 6.45) is 2.92. The average molecular weight is 205 g/mol. The summed E-state index contributed by atoms with van der Waals surface area (Å²) in [4.78, 5) is 10.6. The summed E-state index contributed by atoms with van der Waals surface area (Å²) in [5, 5.41) is 8.71. The van der Waals surface area contributed by atoms with Gasteiger partial charge in [0.25, 0.3) is 0 Å². The summed E-state index contributed by atoms with van der Waals surface area (Å²) in [5.41, 5.74) is 4.51. The van der Waals surface area contributed by atoms with Gasteiger partial charge < -0.3 is 10.8 Å². The fraction of sp³-hybridized carbons (Fsp3) is 0.889. The molecule has 0 bridgehead atoms. The maximum absolute atomic E-state index is 10.6. The summed E-state index contributed by atoms with van der Waals surface area (Å²) in [6, 6.07) is 0. The Morgan fingerprint density at radius 1 is 1.54 bits per heavy atom. The molecule has 0 aliphatic heterocycles. The molecule has 0 aliphatic rings. The van der Waals surface area contributed by atoms with Gasteiger partial charge in [0.2, 0.25) is 0 Å². The number of carboxylic acids is 1. The Labute approximate surface area is 84.1 Å². The molecular formula is C9H19NO2S. The van der Waals surface area contributed by atoms with Crippen LogP contribution in [0.3, 0.4) is 0 Å². The van der Waals surface area contributed by atoms with Crippen LogP contribution in [-0.4, -0.2) is 28.1 Å². The van der Waals surface area contributed by atoms with Crippen LogP contribution in [-0.2, 0) is 4.79 Å². The molecule has 0 aromatic carbocycles. The second-order valence-corrected chi connectivity index (χ2v) is 4.66. The number of nitrogens with two attached hydrogens (primary N) is 1. The zero-order chi connectivity index (χ0) is 10.3. The quantitative estimate of drug-likeness (QED) is 0.621. The van der Waals surface area contributed by atoms with Crippen LogP contribution in [0.25, 0.3) is 0 Å². The van der Waals surface area contributed by atoms with Gasteiger partial charge >= 0.3 is 5.97 Å². The summed E-state index contributed by atoms with van der Waals surface area (Å²) in [5.74, 6) is 1.02. The Morgan fingerprint density at radius 2 is 2.15 bits per heavy atom. The van der Waals surface area contributed by atoms with Crippen LogP contribution in [0, 0.1) is 0 Å². The highest BCUT2D eigenvalue weighted by molar-refractivity contribution is 7.99. The first kappa shape index (κ1) is 12.8. The molecular weight excluding hydrogens is 186 g/mol. The van der Waals surface area contributed by atoms with Gasteiger partial charge in [-0.05, 0) is 31.3 Å². The number of hydrogen-bond acceptors (Lipinski definition) is 3. The Bertz CT molecular complexity index is 160. The standard InChI is InChI=1S/C9H19NO2S/c1-3-4-6-13-7-5-9(2,10)8(11)12/h3-7,10H2,1-2H3,(H,11,12). The number of rotatable bonds is 7. The van der Waals surface area contributed by atoms with Gasteiger partial charge in [-0.2, -0.15) is 11.8 Å². The molecule has 0 fully saturated rings. The molecule has 0 aromatic heterocycles.